The Morgan fingerprint density at radius 1 is 1.14 bits per heavy atom. The summed E-state index contributed by atoms with van der Waals surface area (Å²) in [5.41, 5.74) is 0.837. The summed E-state index contributed by atoms with van der Waals surface area (Å²) in [7, 11) is 1.75. The van der Waals surface area contributed by atoms with E-state index in [1.807, 2.05) is 11.8 Å². The number of piperazine rings is 1. The molecular weight excluding hydrogens is 490 g/mol. The summed E-state index contributed by atoms with van der Waals surface area (Å²) in [5, 5.41) is 8.65. The number of fused-ring (bicyclic) bond motifs is 1. The fourth-order valence-corrected chi connectivity index (χ4v) is 6.90. The van der Waals surface area contributed by atoms with E-state index in [0.717, 1.165) is 50.1 Å². The van der Waals surface area contributed by atoms with Gasteiger partial charge in [0.05, 0.1) is 23.9 Å². The number of nitrogens with one attached hydrogen (secondary N) is 2. The van der Waals surface area contributed by atoms with E-state index in [-0.39, 0.29) is 35.6 Å². The zero-order chi connectivity index (χ0) is 25.9. The largest absolute Gasteiger partial charge is 0.472 e. The first kappa shape index (κ1) is 26.1. The fraction of sp³-hybridized carbons (Fsp3) is 0.630. The Bertz CT molecular complexity index is 1100. The predicted molar refractivity (Wildman–Crippen MR) is 140 cm³/mol. The van der Waals surface area contributed by atoms with Crippen LogP contribution >= 0.6 is 11.3 Å². The average Bonchev–Trinajstić information content (AvgIpc) is 3.72. The van der Waals surface area contributed by atoms with Crippen LogP contribution in [0.2, 0.25) is 0 Å². The van der Waals surface area contributed by atoms with Crippen LogP contribution in [-0.4, -0.2) is 77.2 Å². The molecule has 9 nitrogen and oxygen atoms in total. The van der Waals surface area contributed by atoms with Gasteiger partial charge in [0.25, 0.3) is 0 Å². The molecule has 2 saturated heterocycles. The van der Waals surface area contributed by atoms with Gasteiger partial charge in [0.2, 0.25) is 17.6 Å². The molecule has 3 aliphatic rings. The smallest absolute Gasteiger partial charge is 0.246 e. The van der Waals surface area contributed by atoms with Gasteiger partial charge in [-0.1, -0.05) is 19.3 Å². The molecule has 2 amide bonds. The summed E-state index contributed by atoms with van der Waals surface area (Å²) in [4.78, 5) is 49.2. The van der Waals surface area contributed by atoms with Crippen LogP contribution < -0.4 is 10.6 Å². The molecule has 2 aromatic rings. The fourth-order valence-electron chi connectivity index (χ4n) is 6.00. The third-order valence-electron chi connectivity index (χ3n) is 8.31. The van der Waals surface area contributed by atoms with Crippen LogP contribution in [0.15, 0.2) is 28.4 Å². The van der Waals surface area contributed by atoms with E-state index in [4.69, 9.17) is 9.40 Å². The van der Waals surface area contributed by atoms with Crippen LogP contribution in [0.25, 0.3) is 0 Å². The molecule has 2 aliphatic heterocycles. The summed E-state index contributed by atoms with van der Waals surface area (Å²) in [6, 6.07) is 0.785. The molecule has 2 N–H and O–H groups in total. The Balaban J connectivity index is 1.43. The van der Waals surface area contributed by atoms with Gasteiger partial charge in [0.1, 0.15) is 23.0 Å². The zero-order valence-electron chi connectivity index (χ0n) is 21.7. The number of likely N-dealkylation sites (N-methyl/N-ethyl adjacent to an activating group) is 1. The first-order valence-corrected chi connectivity index (χ1v) is 14.4. The number of nitrogens with zero attached hydrogens (tertiary/aromatic N) is 3. The van der Waals surface area contributed by atoms with E-state index in [1.165, 1.54) is 30.3 Å². The third kappa shape index (κ3) is 5.51. The molecule has 10 heteroatoms. The van der Waals surface area contributed by atoms with Crippen LogP contribution in [0.4, 0.5) is 0 Å². The second-order valence-electron chi connectivity index (χ2n) is 10.6. The highest BCUT2D eigenvalue weighted by atomic mass is 32.1. The molecule has 2 aromatic heterocycles. The normalized spacial score (nSPS) is 24.4. The molecular formula is C27H37N5O4S. The van der Waals surface area contributed by atoms with Gasteiger partial charge in [-0.15, -0.1) is 11.3 Å². The number of hydrogen-bond acceptors (Lipinski definition) is 8. The van der Waals surface area contributed by atoms with Crippen LogP contribution in [-0.2, 0) is 9.59 Å². The SMILES string of the molecule is CN[C@@H](C)C(=O)N[C@H](C(=O)N1C[C@H]2CCCN2C[C@H]1c1nc(C(=O)c2ccoc2)cs1)C1CCCCC1. The Hall–Kier alpha value is -2.56. The third-order valence-corrected chi connectivity index (χ3v) is 9.25. The second kappa shape index (κ2) is 11.4. The lowest BCUT2D eigenvalue weighted by atomic mass is 9.82. The second-order valence-corrected chi connectivity index (χ2v) is 11.5. The topological polar surface area (TPSA) is 108 Å². The number of ketones is 1. The van der Waals surface area contributed by atoms with Crippen molar-refractivity contribution in [3.05, 3.63) is 40.2 Å². The number of thiazole rings is 1. The van der Waals surface area contributed by atoms with E-state index >= 15 is 0 Å². The van der Waals surface area contributed by atoms with Gasteiger partial charge in [0, 0.05) is 24.5 Å². The van der Waals surface area contributed by atoms with Crippen molar-refractivity contribution in [1.82, 2.24) is 25.4 Å². The molecule has 4 atom stereocenters. The highest BCUT2D eigenvalue weighted by Crippen LogP contribution is 2.36. The number of hydrogen-bond donors (Lipinski definition) is 2. The van der Waals surface area contributed by atoms with Crippen molar-refractivity contribution in [3.63, 3.8) is 0 Å². The number of carbonyl (C=O) groups excluding carboxylic acids is 3. The average molecular weight is 528 g/mol. The highest BCUT2D eigenvalue weighted by Gasteiger charge is 2.44. The van der Waals surface area contributed by atoms with Crippen LogP contribution in [0.1, 0.15) is 79.0 Å². The molecule has 4 heterocycles. The molecule has 0 unspecified atom stereocenters. The van der Waals surface area contributed by atoms with Crippen molar-refractivity contribution in [2.75, 3.05) is 26.7 Å². The van der Waals surface area contributed by atoms with Crippen molar-refractivity contribution in [1.29, 1.82) is 0 Å². The zero-order valence-corrected chi connectivity index (χ0v) is 22.5. The minimum atomic E-state index is -0.550. The van der Waals surface area contributed by atoms with Crippen LogP contribution in [0.5, 0.6) is 0 Å². The van der Waals surface area contributed by atoms with Crippen molar-refractivity contribution in [3.8, 4) is 0 Å². The Labute approximate surface area is 222 Å². The predicted octanol–water partition coefficient (Wildman–Crippen LogP) is 2.99. The molecule has 5 rings (SSSR count). The van der Waals surface area contributed by atoms with E-state index in [1.54, 1.807) is 18.5 Å². The van der Waals surface area contributed by atoms with Gasteiger partial charge in [-0.3, -0.25) is 19.3 Å². The van der Waals surface area contributed by atoms with E-state index in [2.05, 4.69) is 15.5 Å². The van der Waals surface area contributed by atoms with Crippen molar-refractivity contribution in [2.45, 2.75) is 76.0 Å². The summed E-state index contributed by atoms with van der Waals surface area (Å²) < 4.78 is 5.07. The Morgan fingerprint density at radius 2 is 1.95 bits per heavy atom. The van der Waals surface area contributed by atoms with Gasteiger partial charge in [-0.2, -0.15) is 0 Å². The molecule has 37 heavy (non-hydrogen) atoms. The van der Waals surface area contributed by atoms with Crippen molar-refractivity contribution >= 4 is 28.9 Å². The lowest BCUT2D eigenvalue weighted by Gasteiger charge is -2.45. The molecule has 0 spiro atoms. The first-order valence-electron chi connectivity index (χ1n) is 13.5. The lowest BCUT2D eigenvalue weighted by molar-refractivity contribution is -0.144. The Kier molecular flexibility index (Phi) is 8.07. The quantitative estimate of drug-likeness (QED) is 0.508. The Morgan fingerprint density at radius 3 is 2.68 bits per heavy atom. The van der Waals surface area contributed by atoms with E-state index < -0.39 is 6.04 Å². The summed E-state index contributed by atoms with van der Waals surface area (Å²) in [6.45, 7) is 4.14. The van der Waals surface area contributed by atoms with Gasteiger partial charge in [-0.05, 0) is 58.2 Å². The maximum atomic E-state index is 14.3. The van der Waals surface area contributed by atoms with Crippen LogP contribution in [0, 0.1) is 5.92 Å². The molecule has 1 aliphatic carbocycles. The number of carbonyl (C=O) groups is 3. The minimum Gasteiger partial charge on any atom is -0.472 e. The number of aromatic nitrogens is 1. The van der Waals surface area contributed by atoms with Gasteiger partial charge < -0.3 is 20.0 Å². The standard InChI is InChI=1S/C27H37N5O4S/c1-17(28-2)25(34)30-23(18-7-4-3-5-8-18)27(35)32-13-20-9-6-11-31(20)14-22(32)26-29-21(16-37-26)24(33)19-10-12-36-15-19/h10,12,15-18,20,22-23,28H,3-9,11,13-14H2,1-2H3,(H,30,34)/t17-,20+,22-,23-/m0/s1. The summed E-state index contributed by atoms with van der Waals surface area (Å²) in [6.07, 6.45) is 10.3. The minimum absolute atomic E-state index is 0.0157. The molecule has 200 valence electrons. The first-order chi connectivity index (χ1) is 18.0. The summed E-state index contributed by atoms with van der Waals surface area (Å²) in [5.74, 6) is -0.217. The lowest BCUT2D eigenvalue weighted by Crippen LogP contribution is -2.60. The van der Waals surface area contributed by atoms with E-state index in [0.29, 0.717) is 30.4 Å². The molecule has 1 saturated carbocycles. The number of furan rings is 1. The van der Waals surface area contributed by atoms with Gasteiger partial charge in [0.15, 0.2) is 0 Å². The maximum absolute atomic E-state index is 14.3. The van der Waals surface area contributed by atoms with E-state index in [9.17, 15) is 14.4 Å². The molecule has 0 bridgehead atoms. The van der Waals surface area contributed by atoms with Crippen molar-refractivity contribution < 1.29 is 18.8 Å². The summed E-state index contributed by atoms with van der Waals surface area (Å²) >= 11 is 1.43. The monoisotopic (exact) mass is 527 g/mol. The van der Waals surface area contributed by atoms with Crippen LogP contribution in [0.3, 0.4) is 0 Å². The molecule has 0 aromatic carbocycles. The molecule has 0 radical (unpaired) electrons. The molecule has 3 fully saturated rings. The number of rotatable bonds is 8. The van der Waals surface area contributed by atoms with Crippen molar-refractivity contribution in [2.24, 2.45) is 5.92 Å². The van der Waals surface area contributed by atoms with Gasteiger partial charge in [-0.25, -0.2) is 4.98 Å². The highest BCUT2D eigenvalue weighted by molar-refractivity contribution is 7.10. The van der Waals surface area contributed by atoms with Gasteiger partial charge >= 0.3 is 0 Å². The number of amides is 2. The maximum Gasteiger partial charge on any atom is 0.246 e.